The van der Waals surface area contributed by atoms with Crippen LogP contribution in [0.5, 0.6) is 0 Å². The van der Waals surface area contributed by atoms with Gasteiger partial charge in [-0.1, -0.05) is 18.2 Å². The van der Waals surface area contributed by atoms with Crippen LogP contribution in [0.3, 0.4) is 0 Å². The fourth-order valence-electron chi connectivity index (χ4n) is 2.90. The summed E-state index contributed by atoms with van der Waals surface area (Å²) in [6, 6.07) is 7.07. The van der Waals surface area contributed by atoms with E-state index in [0.717, 1.165) is 11.1 Å². The average molecular weight is 312 g/mol. The number of rotatable bonds is 2. The van der Waals surface area contributed by atoms with Crippen molar-refractivity contribution in [2.45, 2.75) is 25.3 Å². The summed E-state index contributed by atoms with van der Waals surface area (Å²) in [6.07, 6.45) is 3.35. The summed E-state index contributed by atoms with van der Waals surface area (Å²) in [5.74, 6) is 0.267. The molecule has 0 aliphatic carbocycles. The molecule has 5 heteroatoms. The van der Waals surface area contributed by atoms with E-state index >= 15 is 0 Å². The number of benzene rings is 1. The number of anilines is 1. The Morgan fingerprint density at radius 3 is 2.77 bits per heavy atom. The minimum Gasteiger partial charge on any atom is -0.297 e. The van der Waals surface area contributed by atoms with Crippen LogP contribution in [0.25, 0.3) is 4.85 Å². The van der Waals surface area contributed by atoms with Crippen molar-refractivity contribution < 1.29 is 4.79 Å². The molecule has 0 unspecified atom stereocenters. The van der Waals surface area contributed by atoms with E-state index in [1.807, 2.05) is 19.9 Å². The van der Waals surface area contributed by atoms with E-state index in [1.165, 1.54) is 0 Å². The first kappa shape index (κ1) is 14.6. The molecule has 22 heavy (non-hydrogen) atoms. The zero-order valence-corrected chi connectivity index (χ0v) is 13.1. The number of hydrogen-bond donors (Lipinski definition) is 0. The van der Waals surface area contributed by atoms with E-state index in [9.17, 15) is 4.79 Å². The lowest BCUT2D eigenvalue weighted by molar-refractivity contribution is 0.0982. The third kappa shape index (κ3) is 2.06. The molecule has 1 amide bonds. The van der Waals surface area contributed by atoms with E-state index in [1.54, 1.807) is 35.5 Å². The third-order valence-corrected chi connectivity index (χ3v) is 4.29. The van der Waals surface area contributed by atoms with Gasteiger partial charge in [0.2, 0.25) is 0 Å². The van der Waals surface area contributed by atoms with E-state index in [0.29, 0.717) is 22.8 Å². The van der Waals surface area contributed by atoms with Crippen molar-refractivity contribution in [3.8, 4) is 0 Å². The van der Waals surface area contributed by atoms with Crippen LogP contribution in [0.1, 0.15) is 35.3 Å². The summed E-state index contributed by atoms with van der Waals surface area (Å²) in [5, 5.41) is 0. The molecule has 0 radical (unpaired) electrons. The first-order valence-corrected chi connectivity index (χ1v) is 7.39. The van der Waals surface area contributed by atoms with Crippen molar-refractivity contribution >= 4 is 28.9 Å². The van der Waals surface area contributed by atoms with Crippen LogP contribution < -0.4 is 4.90 Å². The molecule has 0 fully saturated rings. The van der Waals surface area contributed by atoms with Gasteiger partial charge in [-0.2, -0.15) is 0 Å². The van der Waals surface area contributed by atoms with Gasteiger partial charge in [-0.3, -0.25) is 14.7 Å². The average Bonchev–Trinajstić information content (AvgIpc) is 2.73. The second kappa shape index (κ2) is 5.11. The lowest BCUT2D eigenvalue weighted by Gasteiger charge is -2.32. The van der Waals surface area contributed by atoms with Crippen LogP contribution in [0.15, 0.2) is 36.7 Å². The number of fused-ring (bicyclic) bond motifs is 1. The molecule has 1 aliphatic heterocycles. The zero-order chi connectivity index (χ0) is 15.9. The molecule has 2 heterocycles. The quantitative estimate of drug-likeness (QED) is 0.613. The topological polar surface area (TPSA) is 37.6 Å². The third-order valence-electron chi connectivity index (χ3n) is 3.98. The maximum absolute atomic E-state index is 12.8. The molecular weight excluding hydrogens is 298 g/mol. The monoisotopic (exact) mass is 311 g/mol. The number of hydrogen-bond acceptors (Lipinski definition) is 2. The van der Waals surface area contributed by atoms with Gasteiger partial charge in [-0.25, -0.2) is 4.85 Å². The molecule has 1 aromatic heterocycles. The largest absolute Gasteiger partial charge is 0.297 e. The molecule has 1 aliphatic rings. The Bertz CT molecular complexity index is 808. The summed E-state index contributed by atoms with van der Waals surface area (Å²) in [6.45, 7) is 11.1. The zero-order valence-electron chi connectivity index (χ0n) is 12.3. The van der Waals surface area contributed by atoms with Gasteiger partial charge in [-0.05, 0) is 31.0 Å². The Hall–Kier alpha value is -2.38. The Kier molecular flexibility index (Phi) is 3.38. The van der Waals surface area contributed by atoms with Crippen molar-refractivity contribution in [1.82, 2.24) is 4.98 Å². The lowest BCUT2D eigenvalue weighted by atomic mass is 9.93. The standard InChI is InChI=1S/C17H14ClN3O/c1-17(2)15-7-12(19-3)4-5-14(15)16(22)21(17)13-6-11(8-18)9-20-10-13/h4-7,9-10H,8H2,1-2H3. The second-order valence-corrected chi connectivity index (χ2v) is 5.99. The maximum atomic E-state index is 12.8. The summed E-state index contributed by atoms with van der Waals surface area (Å²) >= 11 is 5.87. The molecule has 2 aromatic rings. The number of alkyl halides is 1. The number of carbonyl (C=O) groups is 1. The van der Waals surface area contributed by atoms with Crippen molar-refractivity contribution in [1.29, 1.82) is 0 Å². The Labute approximate surface area is 134 Å². The van der Waals surface area contributed by atoms with E-state index < -0.39 is 5.54 Å². The number of nitrogens with zero attached hydrogens (tertiary/aromatic N) is 3. The summed E-state index contributed by atoms with van der Waals surface area (Å²) < 4.78 is 0. The fourth-order valence-corrected chi connectivity index (χ4v) is 3.04. The summed E-state index contributed by atoms with van der Waals surface area (Å²) in [4.78, 5) is 22.1. The highest BCUT2D eigenvalue weighted by molar-refractivity contribution is 6.17. The van der Waals surface area contributed by atoms with Crippen LogP contribution in [0.2, 0.25) is 0 Å². The van der Waals surface area contributed by atoms with Crippen LogP contribution in [-0.4, -0.2) is 10.9 Å². The maximum Gasteiger partial charge on any atom is 0.259 e. The van der Waals surface area contributed by atoms with E-state index in [2.05, 4.69) is 9.83 Å². The van der Waals surface area contributed by atoms with Crippen molar-refractivity contribution in [3.05, 3.63) is 64.8 Å². The van der Waals surface area contributed by atoms with Crippen LogP contribution in [-0.2, 0) is 11.4 Å². The molecule has 3 rings (SSSR count). The van der Waals surface area contributed by atoms with Gasteiger partial charge in [-0.15, -0.1) is 11.6 Å². The van der Waals surface area contributed by atoms with E-state index in [4.69, 9.17) is 18.2 Å². The number of halogens is 1. The van der Waals surface area contributed by atoms with Crippen molar-refractivity contribution in [3.63, 3.8) is 0 Å². The highest BCUT2D eigenvalue weighted by Gasteiger charge is 2.43. The van der Waals surface area contributed by atoms with Gasteiger partial charge in [0.15, 0.2) is 5.69 Å². The minimum atomic E-state index is -0.542. The van der Waals surface area contributed by atoms with Crippen LogP contribution in [0, 0.1) is 6.57 Å². The molecule has 1 aromatic carbocycles. The lowest BCUT2D eigenvalue weighted by Crippen LogP contribution is -2.39. The van der Waals surface area contributed by atoms with Gasteiger partial charge >= 0.3 is 0 Å². The number of aromatic nitrogens is 1. The van der Waals surface area contributed by atoms with Crippen molar-refractivity contribution in [2.24, 2.45) is 0 Å². The van der Waals surface area contributed by atoms with Gasteiger partial charge < -0.3 is 0 Å². The van der Waals surface area contributed by atoms with Crippen LogP contribution in [0.4, 0.5) is 11.4 Å². The summed E-state index contributed by atoms with van der Waals surface area (Å²) in [7, 11) is 0. The highest BCUT2D eigenvalue weighted by Crippen LogP contribution is 2.43. The predicted molar refractivity (Wildman–Crippen MR) is 86.3 cm³/mol. The molecule has 0 bridgehead atoms. The summed E-state index contributed by atoms with van der Waals surface area (Å²) in [5.41, 5.74) is 3.07. The molecular formula is C17H14ClN3O. The molecule has 0 saturated heterocycles. The first-order valence-electron chi connectivity index (χ1n) is 6.85. The second-order valence-electron chi connectivity index (χ2n) is 5.73. The molecule has 110 valence electrons. The molecule has 0 saturated carbocycles. The normalized spacial score (nSPS) is 15.5. The van der Waals surface area contributed by atoms with Gasteiger partial charge in [0.05, 0.1) is 24.0 Å². The SMILES string of the molecule is [C-]#[N+]c1ccc2c(c1)C(C)(C)N(c1cncc(CCl)c1)C2=O. The van der Waals surface area contributed by atoms with Gasteiger partial charge in [0.25, 0.3) is 5.91 Å². The van der Waals surface area contributed by atoms with Gasteiger partial charge in [0, 0.05) is 17.6 Å². The Morgan fingerprint density at radius 1 is 1.32 bits per heavy atom. The number of carbonyl (C=O) groups excluding carboxylic acids is 1. The smallest absolute Gasteiger partial charge is 0.259 e. The van der Waals surface area contributed by atoms with Crippen LogP contribution >= 0.6 is 11.6 Å². The van der Waals surface area contributed by atoms with E-state index in [-0.39, 0.29) is 5.91 Å². The number of amides is 1. The predicted octanol–water partition coefficient (Wildman–Crippen LogP) is 4.27. The Balaban J connectivity index is 2.15. The van der Waals surface area contributed by atoms with Crippen molar-refractivity contribution in [2.75, 3.05) is 4.90 Å². The minimum absolute atomic E-state index is 0.0787. The molecule has 0 spiro atoms. The molecule has 0 N–H and O–H groups in total. The Morgan fingerprint density at radius 2 is 2.09 bits per heavy atom. The fraction of sp³-hybridized carbons (Fsp3) is 0.235. The first-order chi connectivity index (χ1) is 10.5. The molecule has 4 nitrogen and oxygen atoms in total. The number of pyridine rings is 1. The molecule has 0 atom stereocenters. The highest BCUT2D eigenvalue weighted by atomic mass is 35.5. The van der Waals surface area contributed by atoms with Gasteiger partial charge in [0.1, 0.15) is 0 Å².